The third-order valence-electron chi connectivity index (χ3n) is 11.2. The van der Waals surface area contributed by atoms with Crippen LogP contribution in [0.2, 0.25) is 10.0 Å². The van der Waals surface area contributed by atoms with E-state index in [0.717, 1.165) is 78.4 Å². The van der Waals surface area contributed by atoms with Crippen LogP contribution in [0.25, 0.3) is 32.9 Å². The average Bonchev–Trinajstić information content (AvgIpc) is 3.76. The predicted molar refractivity (Wildman–Crippen MR) is 228 cm³/mol. The summed E-state index contributed by atoms with van der Waals surface area (Å²) in [6.45, 7) is 12.4. The number of carboxylic acids is 1. The van der Waals surface area contributed by atoms with E-state index < -0.39 is 5.97 Å². The maximum atomic E-state index is 15.4. The lowest BCUT2D eigenvalue weighted by Gasteiger charge is -2.35. The fraction of sp³-hybridized carbons (Fsp3) is 0.386. The van der Waals surface area contributed by atoms with Gasteiger partial charge in [-0.25, -0.2) is 4.79 Å². The molecule has 0 aliphatic carbocycles. The first-order valence-corrected chi connectivity index (χ1v) is 20.0. The van der Waals surface area contributed by atoms with Crippen molar-refractivity contribution in [2.45, 2.75) is 60.1 Å². The van der Waals surface area contributed by atoms with Crippen LogP contribution in [0.4, 0.5) is 5.69 Å². The molecule has 1 N–H and O–H groups in total. The molecule has 0 unspecified atom stereocenters. The molecule has 0 spiro atoms. The number of hydrogen-bond acceptors (Lipinski definition) is 6. The smallest absolute Gasteiger partial charge is 0.352 e. The van der Waals surface area contributed by atoms with E-state index in [-0.39, 0.29) is 17.6 Å². The summed E-state index contributed by atoms with van der Waals surface area (Å²) in [7, 11) is 7.64. The maximum absolute atomic E-state index is 15.4. The largest absolute Gasteiger partial charge is 0.494 e. The molecule has 1 amide bonds. The van der Waals surface area contributed by atoms with Gasteiger partial charge in [0.25, 0.3) is 5.91 Å². The second-order valence-electron chi connectivity index (χ2n) is 15.6. The molecular formula is C44H50Cl2N6O5. The van der Waals surface area contributed by atoms with Gasteiger partial charge >= 0.3 is 5.97 Å². The van der Waals surface area contributed by atoms with E-state index in [1.165, 1.54) is 0 Å². The number of nitrogens with zero attached hydrogens (tertiary/aromatic N) is 6. The van der Waals surface area contributed by atoms with E-state index in [1.807, 2.05) is 94.8 Å². The Bertz CT molecular complexity index is 2540. The molecule has 0 fully saturated rings. The number of aromatic nitrogens is 4. The van der Waals surface area contributed by atoms with Crippen molar-refractivity contribution in [2.24, 2.45) is 14.1 Å². The third kappa shape index (κ3) is 7.31. The second kappa shape index (κ2) is 15.9. The number of aromatic carboxylic acids is 1. The fourth-order valence-corrected chi connectivity index (χ4v) is 8.77. The zero-order valence-corrected chi connectivity index (χ0v) is 35.6. The minimum absolute atomic E-state index is 0.136. The van der Waals surface area contributed by atoms with Crippen molar-refractivity contribution in [3.63, 3.8) is 0 Å². The van der Waals surface area contributed by atoms with Gasteiger partial charge in [0.15, 0.2) is 0 Å². The van der Waals surface area contributed by atoms with Crippen molar-refractivity contribution < 1.29 is 24.2 Å². The number of anilines is 1. The summed E-state index contributed by atoms with van der Waals surface area (Å²) in [6, 6.07) is 13.3. The lowest BCUT2D eigenvalue weighted by atomic mass is 9.98. The molecule has 13 heteroatoms. The molecule has 3 aromatic carbocycles. The Morgan fingerprint density at radius 2 is 1.70 bits per heavy atom. The van der Waals surface area contributed by atoms with E-state index >= 15 is 4.79 Å². The molecular weight excluding hydrogens is 763 g/mol. The minimum Gasteiger partial charge on any atom is -0.494 e. The number of ether oxygens (including phenoxy) is 2. The van der Waals surface area contributed by atoms with Crippen LogP contribution in [0, 0.1) is 27.7 Å². The molecule has 0 saturated carbocycles. The van der Waals surface area contributed by atoms with Crippen molar-refractivity contribution in [1.29, 1.82) is 0 Å². The molecule has 0 radical (unpaired) electrons. The molecule has 300 valence electrons. The first-order chi connectivity index (χ1) is 27.1. The molecule has 3 aromatic heterocycles. The average molecular weight is 814 g/mol. The van der Waals surface area contributed by atoms with E-state index in [0.29, 0.717) is 61.1 Å². The van der Waals surface area contributed by atoms with Crippen LogP contribution in [0.1, 0.15) is 74.0 Å². The zero-order valence-electron chi connectivity index (χ0n) is 34.1. The monoisotopic (exact) mass is 812 g/mol. The molecule has 1 aliphatic rings. The molecule has 57 heavy (non-hydrogen) atoms. The Hall–Kier alpha value is -4.81. The summed E-state index contributed by atoms with van der Waals surface area (Å²) in [5, 5.41) is 17.9. The van der Waals surface area contributed by atoms with Gasteiger partial charge in [0, 0.05) is 65.8 Å². The van der Waals surface area contributed by atoms with Crippen LogP contribution in [-0.2, 0) is 31.9 Å². The quantitative estimate of drug-likeness (QED) is 0.116. The van der Waals surface area contributed by atoms with Crippen molar-refractivity contribution in [2.75, 3.05) is 45.3 Å². The lowest BCUT2D eigenvalue weighted by Crippen LogP contribution is -2.43. The number of fused-ring (bicyclic) bond motifs is 4. The first-order valence-electron chi connectivity index (χ1n) is 19.2. The summed E-state index contributed by atoms with van der Waals surface area (Å²) in [6.07, 6.45) is 1.20. The molecule has 11 nitrogen and oxygen atoms in total. The number of benzene rings is 3. The fourth-order valence-electron chi connectivity index (χ4n) is 8.41. The van der Waals surface area contributed by atoms with Crippen LogP contribution in [0.3, 0.4) is 0 Å². The molecule has 1 aliphatic heterocycles. The van der Waals surface area contributed by atoms with Crippen LogP contribution >= 0.6 is 23.2 Å². The first kappa shape index (κ1) is 40.4. The van der Waals surface area contributed by atoms with Gasteiger partial charge in [-0.3, -0.25) is 9.48 Å². The minimum atomic E-state index is -1.04. The number of hydrogen-bond donors (Lipinski definition) is 1. The Balaban J connectivity index is 1.37. The Kier molecular flexibility index (Phi) is 11.2. The molecule has 6 aromatic rings. The number of amides is 1. The van der Waals surface area contributed by atoms with Gasteiger partial charge in [-0.2, -0.15) is 5.10 Å². The van der Waals surface area contributed by atoms with Crippen LogP contribution < -0.4 is 9.64 Å². The Labute approximate surface area is 343 Å². The van der Waals surface area contributed by atoms with Crippen molar-refractivity contribution in [1.82, 2.24) is 23.8 Å². The number of carbonyl (C=O) groups is 2. The van der Waals surface area contributed by atoms with Gasteiger partial charge in [0.05, 0.1) is 47.3 Å². The molecule has 0 bridgehead atoms. The van der Waals surface area contributed by atoms with Gasteiger partial charge in [-0.05, 0) is 120 Å². The van der Waals surface area contributed by atoms with Crippen molar-refractivity contribution in [3.8, 4) is 16.9 Å². The number of rotatable bonds is 13. The predicted octanol–water partition coefficient (Wildman–Crippen LogP) is 9.08. The van der Waals surface area contributed by atoms with E-state index in [2.05, 4.69) is 16.4 Å². The highest BCUT2D eigenvalue weighted by Crippen LogP contribution is 2.46. The topological polar surface area (TPSA) is 107 Å². The lowest BCUT2D eigenvalue weighted by molar-refractivity contribution is 0.0687. The molecule has 0 saturated heterocycles. The number of aryl methyl sites for hydroxylation is 6. The molecule has 1 atom stereocenters. The Morgan fingerprint density at radius 1 is 0.982 bits per heavy atom. The molecule has 4 heterocycles. The van der Waals surface area contributed by atoms with Crippen LogP contribution in [0.15, 0.2) is 42.5 Å². The van der Waals surface area contributed by atoms with Gasteiger partial charge in [-0.15, -0.1) is 0 Å². The summed E-state index contributed by atoms with van der Waals surface area (Å²) in [5.74, 6) is -0.458. The highest BCUT2D eigenvalue weighted by atomic mass is 35.5. The SMILES string of the molecule is Cc1cc(OCCCc2c3n(c4c(-c5c(C)nn(C)c5C)c(Cl)ccc24)[C@H](C)CN(c2cc(COCCN(C)C)cc4cc(C(=O)O)n(C)c24)C3=O)cc(C)c1Cl. The number of carbonyl (C=O) groups excluding carboxylic acids is 1. The van der Waals surface area contributed by atoms with Crippen molar-refractivity contribution in [3.05, 3.63) is 97.5 Å². The van der Waals surface area contributed by atoms with Gasteiger partial charge in [0.2, 0.25) is 0 Å². The number of likely N-dealkylation sites (N-methyl/N-ethyl adjacent to an activating group) is 1. The van der Waals surface area contributed by atoms with Crippen molar-refractivity contribution >= 4 is 62.6 Å². The van der Waals surface area contributed by atoms with Gasteiger partial charge in [-0.1, -0.05) is 29.3 Å². The normalized spacial score (nSPS) is 14.4. The van der Waals surface area contributed by atoms with Crippen LogP contribution in [0.5, 0.6) is 5.75 Å². The van der Waals surface area contributed by atoms with E-state index in [4.69, 9.17) is 37.8 Å². The number of halogens is 2. The summed E-state index contributed by atoms with van der Waals surface area (Å²) >= 11 is 13.6. The number of carboxylic acid groups (broad SMARTS) is 1. The summed E-state index contributed by atoms with van der Waals surface area (Å²) in [5.41, 5.74) is 10.2. The zero-order chi connectivity index (χ0) is 41.0. The summed E-state index contributed by atoms with van der Waals surface area (Å²) in [4.78, 5) is 31.6. The third-order valence-corrected chi connectivity index (χ3v) is 12.1. The Morgan fingerprint density at radius 3 is 2.35 bits per heavy atom. The van der Waals surface area contributed by atoms with Gasteiger partial charge < -0.3 is 33.5 Å². The second-order valence-corrected chi connectivity index (χ2v) is 16.4. The maximum Gasteiger partial charge on any atom is 0.352 e. The standard InChI is InChI=1S/C44H50Cl2N6O5/c1-24-17-31(18-25(2)39(24)46)57-15-10-11-32-33-12-13-34(45)38(37-27(4)47-50(9)28(37)5)41(33)52-26(3)22-51(43(53)42(32)52)35-20-29(23-56-16-14-48(6)7)19-30-21-36(44(54)55)49(8)40(30)35/h12-13,17-21,26H,10-11,14-16,22-23H2,1-9H3,(H,54,55)/t26-/m1/s1. The van der Waals surface area contributed by atoms with Crippen LogP contribution in [-0.4, -0.2) is 81.2 Å². The molecule has 7 rings (SSSR count). The van der Waals surface area contributed by atoms with E-state index in [9.17, 15) is 9.90 Å². The van der Waals surface area contributed by atoms with Gasteiger partial charge in [0.1, 0.15) is 17.1 Å². The van der Waals surface area contributed by atoms with E-state index in [1.54, 1.807) is 17.7 Å². The highest BCUT2D eigenvalue weighted by molar-refractivity contribution is 6.35. The highest BCUT2D eigenvalue weighted by Gasteiger charge is 2.38. The summed E-state index contributed by atoms with van der Waals surface area (Å²) < 4.78 is 18.0.